The minimum atomic E-state index is -1.48. The summed E-state index contributed by atoms with van der Waals surface area (Å²) in [5, 5.41) is 0. The van der Waals surface area contributed by atoms with Crippen molar-refractivity contribution in [3.8, 4) is 0 Å². The van der Waals surface area contributed by atoms with Crippen LogP contribution in [0.5, 0.6) is 0 Å². The highest BCUT2D eigenvalue weighted by Gasteiger charge is 2.17. The van der Waals surface area contributed by atoms with Crippen LogP contribution in [-0.2, 0) is 4.74 Å². The van der Waals surface area contributed by atoms with Gasteiger partial charge in [0.15, 0.2) is 0 Å². The molecule has 2 heteroatoms. The molecule has 0 aromatic heterocycles. The first-order chi connectivity index (χ1) is 4.71. The Morgan fingerprint density at radius 2 is 1.55 bits per heavy atom. The minimum Gasteiger partial charge on any atom is -0.346 e. The summed E-state index contributed by atoms with van der Waals surface area (Å²) in [6.07, 6.45) is 0.889. The van der Waals surface area contributed by atoms with E-state index < -0.39 is 5.85 Å². The highest BCUT2D eigenvalue weighted by atomic mass is 19.2. The van der Waals surface area contributed by atoms with E-state index in [-0.39, 0.29) is 5.41 Å². The number of hydrogen-bond acceptors (Lipinski definition) is 1. The van der Waals surface area contributed by atoms with Crippen LogP contribution in [0.1, 0.15) is 41.0 Å². The fraction of sp³-hybridized carbons (Fsp3) is 1.00. The van der Waals surface area contributed by atoms with E-state index in [4.69, 9.17) is 4.74 Å². The fourth-order valence-electron chi connectivity index (χ4n) is 0.600. The first-order valence-corrected chi connectivity index (χ1v) is 4.04. The molecule has 0 aromatic carbocycles. The topological polar surface area (TPSA) is 9.23 Å². The quantitative estimate of drug-likeness (QED) is 0.619. The van der Waals surface area contributed by atoms with Crippen LogP contribution < -0.4 is 0 Å². The molecular formula is C9H19FO. The predicted octanol–water partition coefficient (Wildman–Crippen LogP) is 3.14. The summed E-state index contributed by atoms with van der Waals surface area (Å²) in [4.78, 5) is 0. The number of hydrogen-bond donors (Lipinski definition) is 0. The molecule has 0 saturated heterocycles. The van der Waals surface area contributed by atoms with Gasteiger partial charge >= 0.3 is 0 Å². The van der Waals surface area contributed by atoms with Crippen molar-refractivity contribution in [2.24, 2.45) is 5.41 Å². The summed E-state index contributed by atoms with van der Waals surface area (Å²) in [5.41, 5.74) is 0.227. The largest absolute Gasteiger partial charge is 0.346 e. The van der Waals surface area contributed by atoms with Crippen molar-refractivity contribution in [3.05, 3.63) is 0 Å². The number of ether oxygens (including phenoxy) is 1. The lowest BCUT2D eigenvalue weighted by Gasteiger charge is -2.21. The Labute approximate surface area is 68.9 Å². The zero-order valence-corrected chi connectivity index (χ0v) is 8.20. The van der Waals surface area contributed by atoms with Crippen molar-refractivity contribution in [2.45, 2.75) is 46.9 Å². The van der Waals surface area contributed by atoms with Crippen LogP contribution >= 0.6 is 0 Å². The average molecular weight is 162 g/mol. The molecule has 0 unspecified atom stereocenters. The predicted molar refractivity (Wildman–Crippen MR) is 45.2 cm³/mol. The van der Waals surface area contributed by atoms with Gasteiger partial charge in [-0.3, -0.25) is 0 Å². The van der Waals surface area contributed by atoms with Gasteiger partial charge in [-0.1, -0.05) is 20.8 Å². The van der Waals surface area contributed by atoms with Crippen molar-refractivity contribution in [2.75, 3.05) is 6.61 Å². The second-order valence-electron chi connectivity index (χ2n) is 4.52. The Bertz CT molecular complexity index is 93.7. The highest BCUT2D eigenvalue weighted by molar-refractivity contribution is 4.61. The van der Waals surface area contributed by atoms with Gasteiger partial charge in [-0.05, 0) is 25.7 Å². The average Bonchev–Trinajstić information content (AvgIpc) is 1.55. The molecular weight excluding hydrogens is 143 g/mol. The fourth-order valence-corrected chi connectivity index (χ4v) is 0.600. The van der Waals surface area contributed by atoms with Gasteiger partial charge in [0.05, 0.1) is 6.61 Å². The summed E-state index contributed by atoms with van der Waals surface area (Å²) in [6, 6.07) is 0. The molecule has 0 radical (unpaired) electrons. The lowest BCUT2D eigenvalue weighted by atomic mass is 9.93. The number of rotatable bonds is 3. The molecule has 0 amide bonds. The van der Waals surface area contributed by atoms with Gasteiger partial charge in [0.25, 0.3) is 0 Å². The van der Waals surface area contributed by atoms with E-state index in [1.807, 2.05) is 0 Å². The first kappa shape index (κ1) is 10.9. The molecule has 0 heterocycles. The summed E-state index contributed by atoms with van der Waals surface area (Å²) in [6.45, 7) is 9.68. The maximum atomic E-state index is 12.7. The SMILES string of the molecule is CC(C)(C)CCOC(C)(C)F. The molecule has 0 N–H and O–H groups in total. The molecule has 0 aromatic rings. The molecule has 68 valence electrons. The van der Waals surface area contributed by atoms with Gasteiger partial charge in [0, 0.05) is 0 Å². The normalized spacial score (nSPS) is 13.6. The van der Waals surface area contributed by atoms with Crippen molar-refractivity contribution in [3.63, 3.8) is 0 Å². The molecule has 0 aliphatic rings. The van der Waals surface area contributed by atoms with E-state index >= 15 is 0 Å². The smallest absolute Gasteiger partial charge is 0.203 e. The van der Waals surface area contributed by atoms with Gasteiger partial charge in [-0.25, -0.2) is 4.39 Å². The second kappa shape index (κ2) is 3.53. The summed E-state index contributed by atoms with van der Waals surface area (Å²) >= 11 is 0. The Kier molecular flexibility index (Phi) is 3.49. The Morgan fingerprint density at radius 3 is 1.82 bits per heavy atom. The Hall–Kier alpha value is -0.110. The molecule has 11 heavy (non-hydrogen) atoms. The monoisotopic (exact) mass is 162 g/mol. The summed E-state index contributed by atoms with van der Waals surface area (Å²) in [5.74, 6) is -1.48. The zero-order valence-electron chi connectivity index (χ0n) is 8.20. The van der Waals surface area contributed by atoms with Crippen LogP contribution in [-0.4, -0.2) is 12.5 Å². The van der Waals surface area contributed by atoms with Gasteiger partial charge in [-0.2, -0.15) is 0 Å². The maximum absolute atomic E-state index is 12.7. The molecule has 0 bridgehead atoms. The van der Waals surface area contributed by atoms with Crippen LogP contribution in [0.15, 0.2) is 0 Å². The van der Waals surface area contributed by atoms with Crippen molar-refractivity contribution < 1.29 is 9.13 Å². The van der Waals surface area contributed by atoms with Gasteiger partial charge in [0.2, 0.25) is 5.85 Å². The molecule has 0 aliphatic carbocycles. The zero-order chi connectivity index (χ0) is 9.12. The summed E-state index contributed by atoms with van der Waals surface area (Å²) < 4.78 is 17.7. The van der Waals surface area contributed by atoms with Crippen LogP contribution in [0.2, 0.25) is 0 Å². The molecule has 0 atom stereocenters. The number of halogens is 1. The van der Waals surface area contributed by atoms with E-state index in [0.717, 1.165) is 6.42 Å². The lowest BCUT2D eigenvalue weighted by Crippen LogP contribution is -2.20. The van der Waals surface area contributed by atoms with Crippen molar-refractivity contribution >= 4 is 0 Å². The molecule has 0 fully saturated rings. The first-order valence-electron chi connectivity index (χ1n) is 4.04. The maximum Gasteiger partial charge on any atom is 0.203 e. The minimum absolute atomic E-state index is 0.227. The van der Waals surface area contributed by atoms with Gasteiger partial charge in [0.1, 0.15) is 0 Å². The van der Waals surface area contributed by atoms with Crippen LogP contribution in [0, 0.1) is 5.41 Å². The van der Waals surface area contributed by atoms with Crippen molar-refractivity contribution in [1.29, 1.82) is 0 Å². The van der Waals surface area contributed by atoms with E-state index in [2.05, 4.69) is 20.8 Å². The molecule has 0 rings (SSSR count). The number of alkyl halides is 1. The molecule has 0 saturated carbocycles. The van der Waals surface area contributed by atoms with E-state index in [1.165, 1.54) is 13.8 Å². The standard InChI is InChI=1S/C9H19FO/c1-8(2,3)6-7-11-9(4,5)10/h6-7H2,1-5H3. The lowest BCUT2D eigenvalue weighted by molar-refractivity contribution is -0.121. The Morgan fingerprint density at radius 1 is 1.09 bits per heavy atom. The summed E-state index contributed by atoms with van der Waals surface area (Å²) in [7, 11) is 0. The van der Waals surface area contributed by atoms with Gasteiger partial charge < -0.3 is 4.74 Å². The third-order valence-electron chi connectivity index (χ3n) is 1.30. The second-order valence-corrected chi connectivity index (χ2v) is 4.52. The van der Waals surface area contributed by atoms with Crippen molar-refractivity contribution in [1.82, 2.24) is 0 Å². The van der Waals surface area contributed by atoms with E-state index in [1.54, 1.807) is 0 Å². The molecule has 0 spiro atoms. The van der Waals surface area contributed by atoms with Gasteiger partial charge in [-0.15, -0.1) is 0 Å². The molecule has 1 nitrogen and oxygen atoms in total. The third kappa shape index (κ3) is 9.89. The van der Waals surface area contributed by atoms with Crippen LogP contribution in [0.4, 0.5) is 4.39 Å². The van der Waals surface area contributed by atoms with E-state index in [9.17, 15) is 4.39 Å². The van der Waals surface area contributed by atoms with E-state index in [0.29, 0.717) is 6.61 Å². The highest BCUT2D eigenvalue weighted by Crippen LogP contribution is 2.20. The van der Waals surface area contributed by atoms with Crippen LogP contribution in [0.25, 0.3) is 0 Å². The molecule has 0 aliphatic heterocycles. The Balaban J connectivity index is 3.44. The van der Waals surface area contributed by atoms with Crippen LogP contribution in [0.3, 0.4) is 0 Å². The third-order valence-corrected chi connectivity index (χ3v) is 1.30.